The van der Waals surface area contributed by atoms with E-state index in [9.17, 15) is 14.4 Å². The highest BCUT2D eigenvalue weighted by atomic mass is 16.5. The fourth-order valence-corrected chi connectivity index (χ4v) is 2.94. The van der Waals surface area contributed by atoms with E-state index < -0.39 is 17.8 Å². The second-order valence-electron chi connectivity index (χ2n) is 6.75. The second-order valence-corrected chi connectivity index (χ2v) is 6.75. The first-order valence-corrected chi connectivity index (χ1v) is 10.0. The molecular weight excluding hydrogens is 446 g/mol. The zero-order valence-corrected chi connectivity index (χ0v) is 18.8. The van der Waals surface area contributed by atoms with Crippen LogP contribution in [0, 0.1) is 0 Å². The average Bonchev–Trinajstić information content (AvgIpc) is 3.34. The maximum Gasteiger partial charge on any atom is 0.374 e. The summed E-state index contributed by atoms with van der Waals surface area (Å²) in [6.45, 7) is -0.488. The van der Waals surface area contributed by atoms with E-state index in [-0.39, 0.29) is 36.0 Å². The van der Waals surface area contributed by atoms with Gasteiger partial charge in [0.2, 0.25) is 5.76 Å². The van der Waals surface area contributed by atoms with Gasteiger partial charge in [-0.1, -0.05) is 12.1 Å². The number of methoxy groups -OCH3 is 3. The standard InChI is InChI=1S/C24H23NO9/c1-29-18-7-5-4-6-17(18)25-21(26)14-33-19-9-8-15(12-20(19)30-2)23(27)34-13-16-10-11-32-22(16)24(28)31-3/h4-12H,13-14H2,1-3H3,(H,25,26). The van der Waals surface area contributed by atoms with Crippen LogP contribution in [0.25, 0.3) is 0 Å². The number of benzene rings is 2. The van der Waals surface area contributed by atoms with Crippen molar-refractivity contribution >= 4 is 23.5 Å². The van der Waals surface area contributed by atoms with Gasteiger partial charge in [0.15, 0.2) is 18.1 Å². The third kappa shape index (κ3) is 5.85. The molecule has 0 aliphatic carbocycles. The van der Waals surface area contributed by atoms with Crippen molar-refractivity contribution in [1.29, 1.82) is 0 Å². The summed E-state index contributed by atoms with van der Waals surface area (Å²) >= 11 is 0. The molecule has 0 aliphatic heterocycles. The van der Waals surface area contributed by atoms with Crippen LogP contribution in [0.15, 0.2) is 59.2 Å². The zero-order valence-electron chi connectivity index (χ0n) is 18.8. The molecule has 1 amide bonds. The van der Waals surface area contributed by atoms with Gasteiger partial charge >= 0.3 is 11.9 Å². The quantitative estimate of drug-likeness (QED) is 0.445. The number of esters is 2. The Morgan fingerprint density at radius 3 is 2.38 bits per heavy atom. The van der Waals surface area contributed by atoms with Gasteiger partial charge in [0, 0.05) is 5.56 Å². The first-order valence-electron chi connectivity index (χ1n) is 10.0. The minimum absolute atomic E-state index is 0.0389. The van der Waals surface area contributed by atoms with Crippen LogP contribution in [0.3, 0.4) is 0 Å². The zero-order chi connectivity index (χ0) is 24.5. The van der Waals surface area contributed by atoms with Crippen molar-refractivity contribution in [2.75, 3.05) is 33.3 Å². The molecule has 0 bridgehead atoms. The van der Waals surface area contributed by atoms with Gasteiger partial charge in [-0.15, -0.1) is 0 Å². The topological polar surface area (TPSA) is 123 Å². The Bertz CT molecular complexity index is 1170. The van der Waals surface area contributed by atoms with Crippen molar-refractivity contribution in [2.45, 2.75) is 6.61 Å². The van der Waals surface area contributed by atoms with Crippen molar-refractivity contribution in [2.24, 2.45) is 0 Å². The van der Waals surface area contributed by atoms with Crippen molar-refractivity contribution in [3.63, 3.8) is 0 Å². The van der Waals surface area contributed by atoms with E-state index in [0.29, 0.717) is 17.0 Å². The number of ether oxygens (including phenoxy) is 5. The molecular formula is C24H23NO9. The van der Waals surface area contributed by atoms with E-state index in [1.165, 1.54) is 51.9 Å². The lowest BCUT2D eigenvalue weighted by Gasteiger charge is -2.13. The van der Waals surface area contributed by atoms with Gasteiger partial charge in [0.1, 0.15) is 12.4 Å². The predicted octanol–water partition coefficient (Wildman–Crippen LogP) is 3.46. The molecule has 0 radical (unpaired) electrons. The number of amides is 1. The Hall–Kier alpha value is -4.47. The van der Waals surface area contributed by atoms with Gasteiger partial charge in [0.05, 0.1) is 38.8 Å². The molecule has 1 heterocycles. The highest BCUT2D eigenvalue weighted by Crippen LogP contribution is 2.29. The fraction of sp³-hybridized carbons (Fsp3) is 0.208. The summed E-state index contributed by atoms with van der Waals surface area (Å²) < 4.78 is 31.0. The molecule has 3 aromatic rings. The average molecular weight is 469 g/mol. The maximum atomic E-state index is 12.5. The molecule has 3 rings (SSSR count). The molecule has 178 valence electrons. The molecule has 1 N–H and O–H groups in total. The number of para-hydroxylation sites is 2. The van der Waals surface area contributed by atoms with Gasteiger partial charge in [0.25, 0.3) is 5.91 Å². The second kappa shape index (κ2) is 11.4. The Kier molecular flexibility index (Phi) is 8.11. The minimum atomic E-state index is -0.672. The van der Waals surface area contributed by atoms with E-state index in [1.54, 1.807) is 24.3 Å². The van der Waals surface area contributed by atoms with Crippen LogP contribution in [-0.4, -0.2) is 45.8 Å². The van der Waals surface area contributed by atoms with Crippen molar-refractivity contribution in [3.8, 4) is 17.2 Å². The van der Waals surface area contributed by atoms with E-state index in [4.69, 9.17) is 23.4 Å². The number of carbonyl (C=O) groups is 3. The smallest absolute Gasteiger partial charge is 0.374 e. The van der Waals surface area contributed by atoms with Gasteiger partial charge in [-0.25, -0.2) is 9.59 Å². The Labute approximate surface area is 195 Å². The third-order valence-electron chi connectivity index (χ3n) is 4.62. The molecule has 0 saturated heterocycles. The van der Waals surface area contributed by atoms with Gasteiger partial charge < -0.3 is 33.4 Å². The minimum Gasteiger partial charge on any atom is -0.495 e. The summed E-state index contributed by atoms with van der Waals surface area (Å²) in [6.07, 6.45) is 1.30. The molecule has 0 atom stereocenters. The highest BCUT2D eigenvalue weighted by molar-refractivity contribution is 5.93. The van der Waals surface area contributed by atoms with Gasteiger partial charge in [-0.2, -0.15) is 0 Å². The van der Waals surface area contributed by atoms with Crippen LogP contribution in [0.4, 0.5) is 5.69 Å². The molecule has 0 unspecified atom stereocenters. The molecule has 10 nitrogen and oxygen atoms in total. The summed E-state index contributed by atoms with van der Waals surface area (Å²) in [5, 5.41) is 2.70. The normalized spacial score (nSPS) is 10.2. The number of anilines is 1. The predicted molar refractivity (Wildman–Crippen MR) is 119 cm³/mol. The lowest BCUT2D eigenvalue weighted by atomic mass is 10.2. The lowest BCUT2D eigenvalue weighted by molar-refractivity contribution is -0.118. The third-order valence-corrected chi connectivity index (χ3v) is 4.62. The summed E-state index contributed by atoms with van der Waals surface area (Å²) in [5.74, 6) is -0.759. The first-order chi connectivity index (χ1) is 16.5. The number of nitrogens with one attached hydrogen (secondary N) is 1. The molecule has 0 saturated carbocycles. The van der Waals surface area contributed by atoms with Crippen LogP contribution in [-0.2, 0) is 20.9 Å². The van der Waals surface area contributed by atoms with Crippen LogP contribution in [0.1, 0.15) is 26.5 Å². The maximum absolute atomic E-state index is 12.5. The molecule has 0 fully saturated rings. The molecule has 10 heteroatoms. The number of carbonyl (C=O) groups excluding carboxylic acids is 3. The summed E-state index contributed by atoms with van der Waals surface area (Å²) in [7, 11) is 4.13. The number of furan rings is 1. The molecule has 0 spiro atoms. The van der Waals surface area contributed by atoms with Crippen LogP contribution in [0.2, 0.25) is 0 Å². The van der Waals surface area contributed by atoms with Crippen LogP contribution >= 0.6 is 0 Å². The number of hydrogen-bond donors (Lipinski definition) is 1. The Balaban J connectivity index is 1.60. The summed E-state index contributed by atoms with van der Waals surface area (Å²) in [5.41, 5.74) is 1.07. The van der Waals surface area contributed by atoms with Gasteiger partial charge in [-0.05, 0) is 36.4 Å². The van der Waals surface area contributed by atoms with E-state index >= 15 is 0 Å². The Morgan fingerprint density at radius 2 is 1.65 bits per heavy atom. The molecule has 1 aromatic heterocycles. The fourth-order valence-electron chi connectivity index (χ4n) is 2.94. The van der Waals surface area contributed by atoms with Crippen LogP contribution < -0.4 is 19.5 Å². The monoisotopic (exact) mass is 469 g/mol. The van der Waals surface area contributed by atoms with E-state index in [0.717, 1.165) is 0 Å². The summed E-state index contributed by atoms with van der Waals surface area (Å²) in [6, 6.07) is 12.9. The molecule has 0 aliphatic rings. The summed E-state index contributed by atoms with van der Waals surface area (Å²) in [4.78, 5) is 36.4. The highest BCUT2D eigenvalue weighted by Gasteiger charge is 2.19. The lowest BCUT2D eigenvalue weighted by Crippen LogP contribution is -2.20. The van der Waals surface area contributed by atoms with Crippen molar-refractivity contribution < 1.29 is 42.5 Å². The van der Waals surface area contributed by atoms with E-state index in [2.05, 4.69) is 10.1 Å². The van der Waals surface area contributed by atoms with Crippen molar-refractivity contribution in [1.82, 2.24) is 0 Å². The van der Waals surface area contributed by atoms with Crippen molar-refractivity contribution in [3.05, 3.63) is 71.7 Å². The Morgan fingerprint density at radius 1 is 0.882 bits per heavy atom. The largest absolute Gasteiger partial charge is 0.495 e. The SMILES string of the molecule is COC(=O)c1occc1COC(=O)c1ccc(OCC(=O)Nc2ccccc2OC)c(OC)c1. The molecule has 2 aromatic carbocycles. The van der Waals surface area contributed by atoms with Gasteiger partial charge in [-0.3, -0.25) is 4.79 Å². The first kappa shape index (κ1) is 24.2. The number of rotatable bonds is 10. The van der Waals surface area contributed by atoms with E-state index in [1.807, 2.05) is 0 Å². The number of hydrogen-bond acceptors (Lipinski definition) is 9. The molecule has 34 heavy (non-hydrogen) atoms. The van der Waals surface area contributed by atoms with Crippen LogP contribution in [0.5, 0.6) is 17.2 Å².